The molecule has 1 aromatic rings. The number of ether oxygens (including phenoxy) is 2. The number of aliphatic hydroxyl groups excluding tert-OH is 1. The van der Waals surface area contributed by atoms with Crippen molar-refractivity contribution >= 4 is 0 Å². The molecule has 23 heavy (non-hydrogen) atoms. The van der Waals surface area contributed by atoms with Crippen LogP contribution < -0.4 is 0 Å². The Hall–Kier alpha value is -2.20. The van der Waals surface area contributed by atoms with Gasteiger partial charge in [-0.1, -0.05) is 5.57 Å². The van der Waals surface area contributed by atoms with Gasteiger partial charge in [0.2, 0.25) is 0 Å². The maximum Gasteiger partial charge on any atom is 0.140 e. The summed E-state index contributed by atoms with van der Waals surface area (Å²) in [6.45, 7) is 0.581. The lowest BCUT2D eigenvalue weighted by atomic mass is 9.62. The largest absolute Gasteiger partial charge is 0.508 e. The van der Waals surface area contributed by atoms with Gasteiger partial charge in [0, 0.05) is 22.1 Å². The van der Waals surface area contributed by atoms with E-state index in [1.807, 2.05) is 12.1 Å². The van der Waals surface area contributed by atoms with E-state index in [0.29, 0.717) is 18.3 Å². The van der Waals surface area contributed by atoms with E-state index in [2.05, 4.69) is 6.08 Å². The molecule has 6 aliphatic rings. The van der Waals surface area contributed by atoms with Crippen molar-refractivity contribution in [3.8, 4) is 0 Å². The molecular weight excluding hydrogens is 292 g/mol. The molecule has 4 heteroatoms. The van der Waals surface area contributed by atoms with Gasteiger partial charge >= 0.3 is 0 Å². The maximum absolute atomic E-state index is 10.6. The zero-order valence-electron chi connectivity index (χ0n) is 12.5. The summed E-state index contributed by atoms with van der Waals surface area (Å²) in [5.41, 5.74) is 5.60. The fourth-order valence-electron chi connectivity index (χ4n) is 5.25. The SMILES string of the molecule is OC1=C[C@H]2CC3=C[C@H]4OC=C1[C@]3(C2)C1=C4CO[C@@H]1c1ccoc1. The van der Waals surface area contributed by atoms with Crippen LogP contribution in [0.1, 0.15) is 24.5 Å². The number of fused-ring (bicyclic) bond motifs is 2. The van der Waals surface area contributed by atoms with Crippen molar-refractivity contribution in [3.05, 3.63) is 70.6 Å². The van der Waals surface area contributed by atoms with Crippen molar-refractivity contribution in [1.82, 2.24) is 0 Å². The first-order chi connectivity index (χ1) is 11.3. The van der Waals surface area contributed by atoms with Gasteiger partial charge in [-0.3, -0.25) is 0 Å². The molecule has 0 aromatic carbocycles. The average molecular weight is 308 g/mol. The number of allylic oxidation sites excluding steroid dienone is 3. The first kappa shape index (κ1) is 12.3. The molecule has 3 aliphatic heterocycles. The first-order valence-corrected chi connectivity index (χ1v) is 8.13. The highest BCUT2D eigenvalue weighted by Crippen LogP contribution is 2.67. The standard InChI is InChI=1S/C19H16O4/c20-15-4-10-3-12-5-16-13-8-23-18(11-1-2-21-7-11)17(13)19(12,6-10)14(15)9-22-16/h1-2,4-5,7,9-10,16,18,20H,3,6,8H2/t10-,16-,18-,19-/m1/s1. The smallest absolute Gasteiger partial charge is 0.140 e. The number of furan rings is 1. The second kappa shape index (κ2) is 3.82. The molecule has 4 nitrogen and oxygen atoms in total. The van der Waals surface area contributed by atoms with Crippen LogP contribution in [0.15, 0.2) is 69.5 Å². The molecule has 0 unspecified atom stereocenters. The molecule has 1 aromatic heterocycles. The first-order valence-electron chi connectivity index (χ1n) is 8.13. The Morgan fingerprint density at radius 3 is 3.09 bits per heavy atom. The zero-order chi connectivity index (χ0) is 15.2. The van der Waals surface area contributed by atoms with Gasteiger partial charge in [0.1, 0.15) is 18.0 Å². The number of hydrogen-bond donors (Lipinski definition) is 1. The van der Waals surface area contributed by atoms with Crippen molar-refractivity contribution in [2.24, 2.45) is 11.3 Å². The van der Waals surface area contributed by atoms with E-state index in [9.17, 15) is 5.11 Å². The quantitative estimate of drug-likeness (QED) is 0.803. The summed E-state index contributed by atoms with van der Waals surface area (Å²) >= 11 is 0. The van der Waals surface area contributed by atoms with E-state index in [0.717, 1.165) is 24.0 Å². The van der Waals surface area contributed by atoms with Crippen LogP contribution in [0.4, 0.5) is 0 Å². The van der Waals surface area contributed by atoms with Crippen LogP contribution in [0.25, 0.3) is 0 Å². The molecular formula is C19H16O4. The van der Waals surface area contributed by atoms with Gasteiger partial charge in [-0.05, 0) is 42.6 Å². The molecule has 1 fully saturated rings. The van der Waals surface area contributed by atoms with Crippen molar-refractivity contribution in [2.75, 3.05) is 6.61 Å². The average Bonchev–Trinajstić information content (AvgIpc) is 3.21. The van der Waals surface area contributed by atoms with Crippen LogP contribution >= 0.6 is 0 Å². The van der Waals surface area contributed by atoms with E-state index in [1.54, 1.807) is 18.8 Å². The fraction of sp³-hybridized carbons (Fsp3) is 0.368. The second-order valence-electron chi connectivity index (χ2n) is 7.09. The summed E-state index contributed by atoms with van der Waals surface area (Å²) in [7, 11) is 0. The highest BCUT2D eigenvalue weighted by Gasteiger charge is 2.59. The third-order valence-electron chi connectivity index (χ3n) is 6.08. The summed E-state index contributed by atoms with van der Waals surface area (Å²) in [4.78, 5) is 0. The molecule has 1 saturated carbocycles. The highest BCUT2D eigenvalue weighted by atomic mass is 16.5. The van der Waals surface area contributed by atoms with Gasteiger partial charge in [-0.15, -0.1) is 0 Å². The zero-order valence-corrected chi connectivity index (χ0v) is 12.5. The fourth-order valence-corrected chi connectivity index (χ4v) is 5.25. The molecule has 0 radical (unpaired) electrons. The highest BCUT2D eigenvalue weighted by molar-refractivity contribution is 5.62. The van der Waals surface area contributed by atoms with E-state index in [4.69, 9.17) is 13.9 Å². The van der Waals surface area contributed by atoms with Gasteiger partial charge in [0.25, 0.3) is 0 Å². The third-order valence-corrected chi connectivity index (χ3v) is 6.08. The monoisotopic (exact) mass is 308 g/mol. The lowest BCUT2D eigenvalue weighted by molar-refractivity contribution is 0.102. The minimum atomic E-state index is -0.246. The second-order valence-corrected chi connectivity index (χ2v) is 7.09. The van der Waals surface area contributed by atoms with Gasteiger partial charge in [0.15, 0.2) is 0 Å². The Balaban J connectivity index is 1.64. The molecule has 4 heterocycles. The van der Waals surface area contributed by atoms with E-state index in [-0.39, 0.29) is 17.6 Å². The predicted octanol–water partition coefficient (Wildman–Crippen LogP) is 3.72. The number of hydrogen-bond acceptors (Lipinski definition) is 4. The van der Waals surface area contributed by atoms with Crippen LogP contribution in [0.5, 0.6) is 0 Å². The van der Waals surface area contributed by atoms with Gasteiger partial charge < -0.3 is 19.0 Å². The van der Waals surface area contributed by atoms with Crippen molar-refractivity contribution < 1.29 is 19.0 Å². The van der Waals surface area contributed by atoms with Crippen molar-refractivity contribution in [3.63, 3.8) is 0 Å². The Labute approximate surface area is 133 Å². The summed E-state index contributed by atoms with van der Waals surface area (Å²) in [5, 5.41) is 10.6. The Morgan fingerprint density at radius 1 is 1.26 bits per heavy atom. The van der Waals surface area contributed by atoms with E-state index < -0.39 is 0 Å². The van der Waals surface area contributed by atoms with Crippen LogP contribution in [0.3, 0.4) is 0 Å². The van der Waals surface area contributed by atoms with Crippen LogP contribution in [-0.4, -0.2) is 17.8 Å². The van der Waals surface area contributed by atoms with Crippen molar-refractivity contribution in [2.45, 2.75) is 25.0 Å². The van der Waals surface area contributed by atoms with Crippen molar-refractivity contribution in [1.29, 1.82) is 0 Å². The van der Waals surface area contributed by atoms with E-state index >= 15 is 0 Å². The van der Waals surface area contributed by atoms with Crippen LogP contribution in [0, 0.1) is 11.3 Å². The molecule has 116 valence electrons. The molecule has 0 amide bonds. The summed E-state index contributed by atoms with van der Waals surface area (Å²) in [5.74, 6) is 0.770. The van der Waals surface area contributed by atoms with Crippen LogP contribution in [-0.2, 0) is 9.47 Å². The Kier molecular flexibility index (Phi) is 2.03. The maximum atomic E-state index is 10.6. The summed E-state index contributed by atoms with van der Waals surface area (Å²) in [6.07, 6.45) is 11.3. The minimum absolute atomic E-state index is 0.0628. The third kappa shape index (κ3) is 1.29. The predicted molar refractivity (Wildman–Crippen MR) is 81.3 cm³/mol. The Morgan fingerprint density at radius 2 is 2.22 bits per heavy atom. The summed E-state index contributed by atoms with van der Waals surface area (Å²) < 4.78 is 17.4. The van der Waals surface area contributed by atoms with Gasteiger partial charge in [-0.2, -0.15) is 0 Å². The topological polar surface area (TPSA) is 51.8 Å². The summed E-state index contributed by atoms with van der Waals surface area (Å²) in [6, 6.07) is 1.97. The molecule has 3 bridgehead atoms. The van der Waals surface area contributed by atoms with E-state index in [1.165, 1.54) is 16.7 Å². The molecule has 0 saturated heterocycles. The minimum Gasteiger partial charge on any atom is -0.508 e. The lowest BCUT2D eigenvalue weighted by Gasteiger charge is -2.39. The molecule has 1 N–H and O–H groups in total. The normalized spacial score (nSPS) is 39.5. The number of aliphatic hydroxyl groups is 1. The molecule has 7 rings (SSSR count). The number of rotatable bonds is 1. The van der Waals surface area contributed by atoms with Crippen LogP contribution in [0.2, 0.25) is 0 Å². The molecule has 3 aliphatic carbocycles. The molecule has 4 atom stereocenters. The molecule has 1 spiro atoms. The van der Waals surface area contributed by atoms with Gasteiger partial charge in [-0.25, -0.2) is 0 Å². The van der Waals surface area contributed by atoms with Gasteiger partial charge in [0.05, 0.1) is 25.4 Å². The Bertz CT molecular complexity index is 839. The lowest BCUT2D eigenvalue weighted by Crippen LogP contribution is -2.33.